The molecule has 2 heterocycles. The quantitative estimate of drug-likeness (QED) is 0.0508. The van der Waals surface area contributed by atoms with E-state index in [0.717, 1.165) is 52.5 Å². The number of para-hydroxylation sites is 2. The molecule has 9 N–H and O–H groups in total. The Kier molecular flexibility index (Phi) is 15.0. The lowest BCUT2D eigenvalue weighted by Crippen LogP contribution is -2.16. The number of nitrogens with zero attached hydrogens (tertiary/aromatic N) is 2. The molecule has 0 unspecified atom stereocenters. The van der Waals surface area contributed by atoms with E-state index >= 15 is 0 Å². The van der Waals surface area contributed by atoms with Gasteiger partial charge in [0.2, 0.25) is 0 Å². The van der Waals surface area contributed by atoms with Gasteiger partial charge < -0.3 is 52.1 Å². The maximum atomic E-state index is 12.1. The van der Waals surface area contributed by atoms with Gasteiger partial charge in [0.1, 0.15) is 6.61 Å². The van der Waals surface area contributed by atoms with E-state index in [-0.39, 0.29) is 0 Å². The van der Waals surface area contributed by atoms with Gasteiger partial charge in [0.25, 0.3) is 11.8 Å². The Labute approximate surface area is 338 Å². The van der Waals surface area contributed by atoms with Gasteiger partial charge in [0, 0.05) is 53.2 Å². The molecule has 0 aliphatic heterocycles. The van der Waals surface area contributed by atoms with Crippen LogP contribution < -0.4 is 52.1 Å². The first-order valence-electron chi connectivity index (χ1n) is 19.1. The molecule has 0 saturated heterocycles. The van der Waals surface area contributed by atoms with Gasteiger partial charge >= 0.3 is 0 Å². The SMILES string of the molecule is CCc1ccccc1Nc1c(C(N)=O)cnc2cc(OC)c(OCCCN)cc12.CCc1ccccc1Nc1c(C(N)=O)cnc2cc(OC)c(OCCNC)cc12. The number of ether oxygens (including phenoxy) is 4. The van der Waals surface area contributed by atoms with Gasteiger partial charge in [-0.25, -0.2) is 0 Å². The monoisotopic (exact) mass is 788 g/mol. The first kappa shape index (κ1) is 42.5. The fourth-order valence-corrected chi connectivity index (χ4v) is 6.29. The zero-order valence-corrected chi connectivity index (χ0v) is 33.6. The summed E-state index contributed by atoms with van der Waals surface area (Å²) in [6.45, 7) is 6.32. The Morgan fingerprint density at radius 1 is 0.655 bits per heavy atom. The van der Waals surface area contributed by atoms with Crippen LogP contribution in [-0.4, -0.2) is 69.4 Å². The number of nitrogens with two attached hydrogens (primary N) is 3. The largest absolute Gasteiger partial charge is 0.493 e. The van der Waals surface area contributed by atoms with Crippen LogP contribution in [-0.2, 0) is 12.8 Å². The molecule has 304 valence electrons. The van der Waals surface area contributed by atoms with E-state index < -0.39 is 11.8 Å². The Morgan fingerprint density at radius 2 is 1.10 bits per heavy atom. The fraction of sp³-hybridized carbons (Fsp3) is 0.273. The Hall–Kier alpha value is -6.64. The molecule has 14 heteroatoms. The summed E-state index contributed by atoms with van der Waals surface area (Å²) in [4.78, 5) is 33.0. The maximum absolute atomic E-state index is 12.1. The summed E-state index contributed by atoms with van der Waals surface area (Å²) >= 11 is 0. The average molecular weight is 789 g/mol. The molecule has 0 aliphatic rings. The van der Waals surface area contributed by atoms with Crippen molar-refractivity contribution in [2.45, 2.75) is 33.1 Å². The highest BCUT2D eigenvalue weighted by atomic mass is 16.5. The summed E-state index contributed by atoms with van der Waals surface area (Å²) in [5.74, 6) is 1.16. The Balaban J connectivity index is 0.000000221. The number of carbonyl (C=O) groups excluding carboxylic acids is 2. The minimum absolute atomic E-state index is 0.307. The number of rotatable bonds is 18. The molecular formula is C44H52N8O6. The first-order chi connectivity index (χ1) is 28.2. The van der Waals surface area contributed by atoms with Crippen molar-refractivity contribution < 1.29 is 28.5 Å². The highest BCUT2D eigenvalue weighted by Crippen LogP contribution is 2.39. The number of aromatic nitrogens is 2. The van der Waals surface area contributed by atoms with Crippen molar-refractivity contribution in [3.05, 3.63) is 107 Å². The van der Waals surface area contributed by atoms with E-state index in [1.807, 2.05) is 67.7 Å². The number of pyridine rings is 2. The van der Waals surface area contributed by atoms with Crippen LogP contribution in [0.1, 0.15) is 52.1 Å². The normalized spacial score (nSPS) is 10.7. The van der Waals surface area contributed by atoms with E-state index in [1.165, 1.54) is 12.4 Å². The molecule has 2 amide bonds. The fourth-order valence-electron chi connectivity index (χ4n) is 6.29. The second-order valence-corrected chi connectivity index (χ2v) is 13.1. The highest BCUT2D eigenvalue weighted by molar-refractivity contribution is 6.09. The number of hydrogen-bond acceptors (Lipinski definition) is 12. The summed E-state index contributed by atoms with van der Waals surface area (Å²) in [6, 6.07) is 23.1. The molecule has 4 aromatic carbocycles. The van der Waals surface area contributed by atoms with Crippen LogP contribution in [0.5, 0.6) is 23.0 Å². The van der Waals surface area contributed by atoms with Crippen molar-refractivity contribution in [1.29, 1.82) is 0 Å². The van der Waals surface area contributed by atoms with Gasteiger partial charge in [-0.05, 0) is 68.2 Å². The molecule has 0 radical (unpaired) electrons. The number of likely N-dealkylation sites (N-methyl/N-ethyl adjacent to an activating group) is 1. The molecule has 58 heavy (non-hydrogen) atoms. The zero-order chi connectivity index (χ0) is 41.6. The molecule has 0 spiro atoms. The van der Waals surface area contributed by atoms with Gasteiger partial charge in [0.15, 0.2) is 23.0 Å². The van der Waals surface area contributed by atoms with E-state index in [9.17, 15) is 9.59 Å². The standard InChI is InChI=1S/2C22H26N4O3/c1-4-14-7-5-6-8-17(14)26-21-15-11-20(29-10-9-24-2)19(28-3)12-18(15)25-13-16(21)22(23)27;1-3-14-7-4-5-8-17(14)26-21-15-11-20(29-10-6-9-23)19(28-2)12-18(15)25-13-16(21)22(24)27/h5-8,11-13,24H,4,9-10H2,1-3H3,(H2,23,27)(H,25,26);4-5,7-8,11-13H,3,6,9-10,23H2,1-2H3,(H2,24,27)(H,25,26). The lowest BCUT2D eigenvalue weighted by atomic mass is 10.1. The summed E-state index contributed by atoms with van der Waals surface area (Å²) in [5, 5.41) is 11.3. The molecule has 2 aromatic heterocycles. The van der Waals surface area contributed by atoms with Crippen molar-refractivity contribution in [3.8, 4) is 23.0 Å². The van der Waals surface area contributed by atoms with Gasteiger partial charge in [-0.1, -0.05) is 50.2 Å². The van der Waals surface area contributed by atoms with Crippen LogP contribution in [0.25, 0.3) is 21.8 Å². The third-order valence-electron chi connectivity index (χ3n) is 9.37. The number of nitrogens with one attached hydrogen (secondary N) is 3. The molecule has 14 nitrogen and oxygen atoms in total. The van der Waals surface area contributed by atoms with Crippen LogP contribution in [0.3, 0.4) is 0 Å². The molecule has 6 rings (SSSR count). The number of anilines is 4. The van der Waals surface area contributed by atoms with E-state index in [0.29, 0.717) is 82.8 Å². The number of fused-ring (bicyclic) bond motifs is 2. The molecule has 6 aromatic rings. The lowest BCUT2D eigenvalue weighted by Gasteiger charge is -2.17. The summed E-state index contributed by atoms with van der Waals surface area (Å²) in [7, 11) is 5.02. The van der Waals surface area contributed by atoms with Crippen LogP contribution in [0.2, 0.25) is 0 Å². The number of carbonyl (C=O) groups is 2. The minimum Gasteiger partial charge on any atom is -0.493 e. The van der Waals surface area contributed by atoms with Gasteiger partial charge in [-0.15, -0.1) is 0 Å². The van der Waals surface area contributed by atoms with Crippen LogP contribution in [0, 0.1) is 0 Å². The summed E-state index contributed by atoms with van der Waals surface area (Å²) < 4.78 is 22.6. The topological polar surface area (TPSA) is 211 Å². The lowest BCUT2D eigenvalue weighted by molar-refractivity contribution is 0.0992. The number of amides is 2. The van der Waals surface area contributed by atoms with Gasteiger partial charge in [-0.3, -0.25) is 19.6 Å². The Bertz CT molecular complexity index is 2210. The summed E-state index contributed by atoms with van der Waals surface area (Å²) in [6.07, 6.45) is 5.39. The second kappa shape index (κ2) is 20.5. The maximum Gasteiger partial charge on any atom is 0.252 e. The first-order valence-corrected chi connectivity index (χ1v) is 19.1. The van der Waals surface area contributed by atoms with Crippen molar-refractivity contribution in [2.24, 2.45) is 17.2 Å². The minimum atomic E-state index is -0.558. The van der Waals surface area contributed by atoms with Crippen molar-refractivity contribution >= 4 is 56.4 Å². The number of aryl methyl sites for hydroxylation is 2. The Morgan fingerprint density at radius 3 is 1.50 bits per heavy atom. The summed E-state index contributed by atoms with van der Waals surface area (Å²) in [5.41, 5.74) is 24.1. The van der Waals surface area contributed by atoms with Crippen LogP contribution in [0.4, 0.5) is 22.7 Å². The van der Waals surface area contributed by atoms with Gasteiger partial charge in [0.05, 0.1) is 54.4 Å². The number of methoxy groups -OCH3 is 2. The van der Waals surface area contributed by atoms with E-state index in [4.69, 9.17) is 36.1 Å². The van der Waals surface area contributed by atoms with Crippen LogP contribution in [0.15, 0.2) is 85.2 Å². The van der Waals surface area contributed by atoms with Crippen LogP contribution >= 0.6 is 0 Å². The third kappa shape index (κ3) is 10.0. The highest BCUT2D eigenvalue weighted by Gasteiger charge is 2.19. The molecule has 0 aliphatic carbocycles. The number of primary amides is 2. The van der Waals surface area contributed by atoms with E-state index in [1.54, 1.807) is 26.4 Å². The smallest absolute Gasteiger partial charge is 0.252 e. The molecule has 0 fully saturated rings. The van der Waals surface area contributed by atoms with Gasteiger partial charge in [-0.2, -0.15) is 0 Å². The third-order valence-corrected chi connectivity index (χ3v) is 9.37. The average Bonchev–Trinajstić information content (AvgIpc) is 3.24. The molecule has 0 atom stereocenters. The second-order valence-electron chi connectivity index (χ2n) is 13.1. The predicted octanol–water partition coefficient (Wildman–Crippen LogP) is 6.62. The van der Waals surface area contributed by atoms with Crippen molar-refractivity contribution in [2.75, 3.05) is 58.2 Å². The van der Waals surface area contributed by atoms with E-state index in [2.05, 4.69) is 39.8 Å². The number of benzene rings is 4. The number of hydrogen-bond donors (Lipinski definition) is 6. The van der Waals surface area contributed by atoms with Crippen molar-refractivity contribution in [1.82, 2.24) is 15.3 Å². The molecular weight excluding hydrogens is 737 g/mol. The molecule has 0 bridgehead atoms. The zero-order valence-electron chi connectivity index (χ0n) is 33.6. The molecule has 0 saturated carbocycles. The predicted molar refractivity (Wildman–Crippen MR) is 230 cm³/mol. The van der Waals surface area contributed by atoms with Crippen molar-refractivity contribution in [3.63, 3.8) is 0 Å².